The summed E-state index contributed by atoms with van der Waals surface area (Å²) in [7, 11) is 0. The van der Waals surface area contributed by atoms with Gasteiger partial charge in [-0.3, -0.25) is 9.98 Å². The van der Waals surface area contributed by atoms with E-state index in [1.165, 1.54) is 54.8 Å². The Balaban J connectivity index is 1.28. The monoisotopic (exact) mass is 720 g/mol. The topological polar surface area (TPSA) is 63.1 Å². The molecule has 5 heteroatoms. The second kappa shape index (κ2) is 17.0. The van der Waals surface area contributed by atoms with E-state index in [9.17, 15) is 0 Å². The number of benzene rings is 2. The Hall–Kier alpha value is -4.61. The van der Waals surface area contributed by atoms with Gasteiger partial charge in [0.25, 0.3) is 0 Å². The Morgan fingerprint density at radius 1 is 1.09 bits per heavy atom. The average Bonchev–Trinajstić information content (AvgIpc) is 3.63. The van der Waals surface area contributed by atoms with Crippen molar-refractivity contribution in [2.24, 2.45) is 32.0 Å². The lowest BCUT2D eigenvalue weighted by atomic mass is 9.76. The van der Waals surface area contributed by atoms with E-state index in [0.29, 0.717) is 11.8 Å². The van der Waals surface area contributed by atoms with Gasteiger partial charge >= 0.3 is 0 Å². The van der Waals surface area contributed by atoms with Crippen LogP contribution < -0.4 is 5.73 Å². The minimum atomic E-state index is -0.500. The number of fused-ring (bicyclic) bond motifs is 1. The van der Waals surface area contributed by atoms with E-state index in [0.717, 1.165) is 55.3 Å². The van der Waals surface area contributed by atoms with Gasteiger partial charge in [-0.15, -0.1) is 11.3 Å². The van der Waals surface area contributed by atoms with Crippen molar-refractivity contribution in [3.8, 4) is 0 Å². The molecule has 6 rings (SSSR count). The van der Waals surface area contributed by atoms with E-state index >= 15 is 0 Å². The summed E-state index contributed by atoms with van der Waals surface area (Å²) in [4.78, 5) is 16.5. The highest BCUT2D eigenvalue weighted by molar-refractivity contribution is 7.20. The Morgan fingerprint density at radius 2 is 1.91 bits per heavy atom. The van der Waals surface area contributed by atoms with E-state index in [-0.39, 0.29) is 5.41 Å². The first-order valence-electron chi connectivity index (χ1n) is 19.5. The Labute approximate surface area is 321 Å². The molecule has 274 valence electrons. The van der Waals surface area contributed by atoms with Crippen molar-refractivity contribution in [2.75, 3.05) is 6.54 Å². The van der Waals surface area contributed by atoms with Gasteiger partial charge in [-0.25, -0.2) is 4.99 Å². The maximum atomic E-state index is 6.78. The minimum Gasteiger partial charge on any atom is -0.384 e. The smallest absolute Gasteiger partial charge is 0.167 e. The summed E-state index contributed by atoms with van der Waals surface area (Å²) < 4.78 is 1.24. The average molecular weight is 721 g/mol. The van der Waals surface area contributed by atoms with Crippen molar-refractivity contribution in [3.05, 3.63) is 140 Å². The number of aliphatic imine (C=N–C) groups is 3. The summed E-state index contributed by atoms with van der Waals surface area (Å²) in [6.45, 7) is 16.5. The summed E-state index contributed by atoms with van der Waals surface area (Å²) in [5.74, 6) is 0.867. The standard InChI is InChI=1S/C48H56N4S/c1-8-16-40-33(5)44-37(20-14-22-41(44)48(40,6)7)31-50-29-28-32(4)46(49)52-47(39-21-15-23-43-45(39)38(10-3)42(53-43)17-9-2)51-30-34-24-26-36(27-25-34)35-18-12-11-13-19-35/h9,11-12,14-15,17-18,21-30,37,47H,8,10,13,16,19-20,31H2,1-7H3,(H2,49,52)/b17-9-,32-28+,50-29?,51-30?. The van der Waals surface area contributed by atoms with Crippen LogP contribution >= 0.6 is 11.3 Å². The van der Waals surface area contributed by atoms with Crippen molar-refractivity contribution in [2.45, 2.75) is 93.2 Å². The Kier molecular flexibility index (Phi) is 12.2. The van der Waals surface area contributed by atoms with Crippen LogP contribution in [0.5, 0.6) is 0 Å². The minimum absolute atomic E-state index is 0.0995. The van der Waals surface area contributed by atoms with Gasteiger partial charge in [0.15, 0.2) is 6.17 Å². The summed E-state index contributed by atoms with van der Waals surface area (Å²) in [5.41, 5.74) is 19.9. The first kappa shape index (κ1) is 38.1. The molecule has 0 spiro atoms. The summed E-state index contributed by atoms with van der Waals surface area (Å²) in [6, 6.07) is 15.2. The van der Waals surface area contributed by atoms with Gasteiger partial charge in [0, 0.05) is 50.8 Å². The van der Waals surface area contributed by atoms with E-state index in [2.05, 4.69) is 127 Å². The van der Waals surface area contributed by atoms with Crippen molar-refractivity contribution < 1.29 is 0 Å². The van der Waals surface area contributed by atoms with Crippen LogP contribution in [0.2, 0.25) is 0 Å². The third-order valence-electron chi connectivity index (χ3n) is 11.1. The molecule has 0 aliphatic heterocycles. The lowest BCUT2D eigenvalue weighted by Gasteiger charge is -2.28. The first-order chi connectivity index (χ1) is 25.7. The van der Waals surface area contributed by atoms with Crippen LogP contribution in [0, 0.1) is 11.3 Å². The predicted octanol–water partition coefficient (Wildman–Crippen LogP) is 12.8. The zero-order chi connectivity index (χ0) is 37.5. The highest BCUT2D eigenvalue weighted by Gasteiger charge is 2.39. The number of nitrogens with zero attached hydrogens (tertiary/aromatic N) is 3. The number of amidine groups is 1. The molecule has 2 N–H and O–H groups in total. The molecule has 0 saturated carbocycles. The van der Waals surface area contributed by atoms with Crippen molar-refractivity contribution in [1.82, 2.24) is 0 Å². The number of thiophene rings is 1. The van der Waals surface area contributed by atoms with Crippen LogP contribution in [-0.2, 0) is 6.42 Å². The second-order valence-corrected chi connectivity index (χ2v) is 16.1. The van der Waals surface area contributed by atoms with Crippen molar-refractivity contribution in [3.63, 3.8) is 0 Å². The molecule has 0 saturated heterocycles. The van der Waals surface area contributed by atoms with Crippen LogP contribution in [0.3, 0.4) is 0 Å². The van der Waals surface area contributed by atoms with E-state index in [1.807, 2.05) is 36.8 Å². The molecule has 0 amide bonds. The SMILES string of the molecule is C/C=C\c1sc2cccc(C(N=Cc3ccc(C4=CC=CCC4)cc3)N=C(N)/C(C)=C/C=NCC3CC=CC4=C3C(C)=C(CCC)C4(C)C)c2c1CC. The number of hydrogen-bond donors (Lipinski definition) is 1. The molecule has 0 fully saturated rings. The second-order valence-electron chi connectivity index (χ2n) is 15.0. The summed E-state index contributed by atoms with van der Waals surface area (Å²) in [5, 5.41) is 1.24. The molecule has 1 heterocycles. The number of nitrogens with two attached hydrogens (primary N) is 1. The molecule has 3 aromatic rings. The van der Waals surface area contributed by atoms with Crippen molar-refractivity contribution >= 4 is 51.3 Å². The van der Waals surface area contributed by atoms with Crippen LogP contribution in [0.4, 0.5) is 0 Å². The van der Waals surface area contributed by atoms with Gasteiger partial charge in [0.05, 0.1) is 0 Å². The highest BCUT2D eigenvalue weighted by Crippen LogP contribution is 2.53. The fraction of sp³-hybridized carbons (Fsp3) is 0.354. The van der Waals surface area contributed by atoms with Gasteiger partial charge in [-0.05, 0) is 116 Å². The van der Waals surface area contributed by atoms with Crippen LogP contribution in [0.25, 0.3) is 21.7 Å². The van der Waals surface area contributed by atoms with Crippen molar-refractivity contribution in [1.29, 1.82) is 0 Å². The molecule has 2 unspecified atom stereocenters. The molecular formula is C48H56N4S. The van der Waals surface area contributed by atoms with Gasteiger partial charge in [-0.1, -0.05) is 113 Å². The Morgan fingerprint density at radius 3 is 2.62 bits per heavy atom. The fourth-order valence-electron chi connectivity index (χ4n) is 8.29. The molecular weight excluding hydrogens is 665 g/mol. The lowest BCUT2D eigenvalue weighted by Crippen LogP contribution is -2.17. The molecule has 2 atom stereocenters. The molecule has 1 aromatic heterocycles. The normalized spacial score (nSPS) is 19.8. The number of allylic oxidation sites excluding steroid dienone is 11. The molecule has 0 radical (unpaired) electrons. The fourth-order valence-corrected chi connectivity index (χ4v) is 9.59. The molecule has 0 bridgehead atoms. The lowest BCUT2D eigenvalue weighted by molar-refractivity contribution is 0.523. The number of rotatable bonds is 13. The molecule has 3 aliphatic rings. The first-order valence-corrected chi connectivity index (χ1v) is 20.3. The largest absolute Gasteiger partial charge is 0.384 e. The summed E-state index contributed by atoms with van der Waals surface area (Å²) in [6.07, 6.45) is 27.4. The van der Waals surface area contributed by atoms with Gasteiger partial charge in [-0.2, -0.15) is 0 Å². The zero-order valence-electron chi connectivity index (χ0n) is 32.7. The molecule has 4 nitrogen and oxygen atoms in total. The third-order valence-corrected chi connectivity index (χ3v) is 12.3. The van der Waals surface area contributed by atoms with Gasteiger partial charge in [0.2, 0.25) is 0 Å². The Bertz CT molecular complexity index is 2140. The third kappa shape index (κ3) is 8.16. The maximum Gasteiger partial charge on any atom is 0.167 e. The molecule has 53 heavy (non-hydrogen) atoms. The quantitative estimate of drug-likeness (QED) is 0.139. The molecule has 2 aromatic carbocycles. The molecule has 3 aliphatic carbocycles. The summed E-state index contributed by atoms with van der Waals surface area (Å²) >= 11 is 1.83. The van der Waals surface area contributed by atoms with E-state index < -0.39 is 6.17 Å². The van der Waals surface area contributed by atoms with Crippen LogP contribution in [-0.4, -0.2) is 24.8 Å². The van der Waals surface area contributed by atoms with E-state index in [1.54, 1.807) is 5.57 Å². The zero-order valence-corrected chi connectivity index (χ0v) is 33.6. The van der Waals surface area contributed by atoms with Crippen LogP contribution in [0.1, 0.15) is 114 Å². The van der Waals surface area contributed by atoms with Gasteiger partial charge < -0.3 is 5.73 Å². The highest BCUT2D eigenvalue weighted by atomic mass is 32.1. The van der Waals surface area contributed by atoms with Gasteiger partial charge in [0.1, 0.15) is 5.84 Å². The number of hydrogen-bond acceptors (Lipinski definition) is 4. The van der Waals surface area contributed by atoms with E-state index in [4.69, 9.17) is 20.7 Å². The number of aryl methyl sites for hydroxylation is 1. The van der Waals surface area contributed by atoms with Crippen LogP contribution in [0.15, 0.2) is 128 Å². The predicted molar refractivity (Wildman–Crippen MR) is 233 cm³/mol. The maximum absolute atomic E-state index is 6.78.